The molecule has 1 heterocycles. The van der Waals surface area contributed by atoms with Crippen molar-refractivity contribution in [1.29, 1.82) is 0 Å². The van der Waals surface area contributed by atoms with E-state index in [4.69, 9.17) is 4.74 Å². The summed E-state index contributed by atoms with van der Waals surface area (Å²) >= 11 is 0. The summed E-state index contributed by atoms with van der Waals surface area (Å²) in [6, 6.07) is 8.49. The fourth-order valence-electron chi connectivity index (χ4n) is 1.86. The van der Waals surface area contributed by atoms with Crippen molar-refractivity contribution >= 4 is 0 Å². The van der Waals surface area contributed by atoms with Crippen LogP contribution >= 0.6 is 0 Å². The Morgan fingerprint density at radius 2 is 2.33 bits per heavy atom. The minimum absolute atomic E-state index is 0.213. The first-order valence-electron chi connectivity index (χ1n) is 5.34. The molecule has 0 bridgehead atoms. The van der Waals surface area contributed by atoms with E-state index in [-0.39, 0.29) is 12.1 Å². The summed E-state index contributed by atoms with van der Waals surface area (Å²) in [6.07, 6.45) is -0.320. The second-order valence-corrected chi connectivity index (χ2v) is 4.02. The monoisotopic (exact) mass is 207 g/mol. The molecule has 0 radical (unpaired) electrons. The number of aliphatic hydroxyl groups is 1. The second-order valence-electron chi connectivity index (χ2n) is 4.02. The summed E-state index contributed by atoms with van der Waals surface area (Å²) in [4.78, 5) is 0. The summed E-state index contributed by atoms with van der Waals surface area (Å²) in [5, 5.41) is 12.5. The van der Waals surface area contributed by atoms with E-state index in [2.05, 4.69) is 17.4 Å². The molecule has 15 heavy (non-hydrogen) atoms. The van der Waals surface area contributed by atoms with Crippen molar-refractivity contribution in [2.75, 3.05) is 13.2 Å². The van der Waals surface area contributed by atoms with Gasteiger partial charge in [0.2, 0.25) is 0 Å². The summed E-state index contributed by atoms with van der Waals surface area (Å²) in [6.45, 7) is 3.76. The molecule has 2 rings (SSSR count). The number of hydrogen-bond donors (Lipinski definition) is 2. The van der Waals surface area contributed by atoms with Crippen LogP contribution in [0.15, 0.2) is 24.3 Å². The van der Waals surface area contributed by atoms with Gasteiger partial charge in [-0.2, -0.15) is 0 Å². The normalized spacial score (nSPS) is 22.1. The average molecular weight is 207 g/mol. The van der Waals surface area contributed by atoms with Gasteiger partial charge in [0.15, 0.2) is 0 Å². The molecule has 0 aliphatic carbocycles. The summed E-state index contributed by atoms with van der Waals surface area (Å²) in [5.74, 6) is 0. The zero-order valence-electron chi connectivity index (χ0n) is 8.94. The molecule has 0 saturated heterocycles. The molecular formula is C12H17NO2. The molecule has 0 spiro atoms. The van der Waals surface area contributed by atoms with Gasteiger partial charge in [-0.15, -0.1) is 0 Å². The Morgan fingerprint density at radius 3 is 3.13 bits per heavy atom. The highest BCUT2D eigenvalue weighted by Gasteiger charge is 2.19. The standard InChI is InChI=1S/C12H17NO2/c1-9(14)6-13-12-8-15-7-10-4-2-3-5-11(10)12/h2-5,9,12-14H,6-8H2,1H3. The van der Waals surface area contributed by atoms with Crippen molar-refractivity contribution in [3.63, 3.8) is 0 Å². The predicted octanol–water partition coefficient (Wildman–Crippen LogP) is 1.23. The lowest BCUT2D eigenvalue weighted by atomic mass is 9.99. The lowest BCUT2D eigenvalue weighted by Gasteiger charge is -2.27. The molecule has 82 valence electrons. The number of nitrogens with one attached hydrogen (secondary N) is 1. The van der Waals surface area contributed by atoms with Crippen molar-refractivity contribution < 1.29 is 9.84 Å². The van der Waals surface area contributed by atoms with Gasteiger partial charge in [0.05, 0.1) is 25.4 Å². The van der Waals surface area contributed by atoms with Crippen molar-refractivity contribution in [1.82, 2.24) is 5.32 Å². The van der Waals surface area contributed by atoms with Crippen LogP contribution in [0, 0.1) is 0 Å². The Hall–Kier alpha value is -0.900. The van der Waals surface area contributed by atoms with Crippen molar-refractivity contribution in [2.24, 2.45) is 0 Å². The lowest BCUT2D eigenvalue weighted by molar-refractivity contribution is 0.0769. The molecule has 0 saturated carbocycles. The number of fused-ring (bicyclic) bond motifs is 1. The van der Waals surface area contributed by atoms with E-state index < -0.39 is 0 Å². The molecule has 1 aromatic rings. The summed E-state index contributed by atoms with van der Waals surface area (Å²) in [7, 11) is 0. The Kier molecular flexibility index (Phi) is 3.36. The second kappa shape index (κ2) is 4.75. The van der Waals surface area contributed by atoms with E-state index in [1.165, 1.54) is 11.1 Å². The number of rotatable bonds is 3. The lowest BCUT2D eigenvalue weighted by Crippen LogP contribution is -2.34. The minimum atomic E-state index is -0.320. The SMILES string of the molecule is CC(O)CNC1COCc2ccccc21. The van der Waals surface area contributed by atoms with Gasteiger partial charge in [0.25, 0.3) is 0 Å². The highest BCUT2D eigenvalue weighted by Crippen LogP contribution is 2.24. The van der Waals surface area contributed by atoms with Crippen LogP contribution in [-0.2, 0) is 11.3 Å². The molecule has 0 fully saturated rings. The fraction of sp³-hybridized carbons (Fsp3) is 0.500. The third-order valence-electron chi connectivity index (χ3n) is 2.63. The van der Waals surface area contributed by atoms with Crippen LogP contribution < -0.4 is 5.32 Å². The van der Waals surface area contributed by atoms with Crippen molar-refractivity contribution in [3.8, 4) is 0 Å². The number of hydrogen-bond acceptors (Lipinski definition) is 3. The van der Waals surface area contributed by atoms with E-state index in [1.54, 1.807) is 6.92 Å². The highest BCUT2D eigenvalue weighted by molar-refractivity contribution is 5.30. The van der Waals surface area contributed by atoms with E-state index in [0.717, 1.165) is 0 Å². The van der Waals surface area contributed by atoms with E-state index in [9.17, 15) is 5.11 Å². The quantitative estimate of drug-likeness (QED) is 0.783. The Balaban J connectivity index is 2.08. The third kappa shape index (κ3) is 2.56. The number of aliphatic hydroxyl groups excluding tert-OH is 1. The molecule has 2 atom stereocenters. The van der Waals surface area contributed by atoms with Crippen LogP contribution in [0.25, 0.3) is 0 Å². The van der Waals surface area contributed by atoms with Crippen molar-refractivity contribution in [2.45, 2.75) is 25.7 Å². The molecule has 3 heteroatoms. The third-order valence-corrected chi connectivity index (χ3v) is 2.63. The average Bonchev–Trinajstić information content (AvgIpc) is 2.26. The predicted molar refractivity (Wildman–Crippen MR) is 58.5 cm³/mol. The maximum Gasteiger partial charge on any atom is 0.0721 e. The highest BCUT2D eigenvalue weighted by atomic mass is 16.5. The zero-order valence-corrected chi connectivity index (χ0v) is 8.94. The molecule has 1 aliphatic heterocycles. The van der Waals surface area contributed by atoms with Gasteiger partial charge < -0.3 is 15.2 Å². The first-order chi connectivity index (χ1) is 7.27. The van der Waals surface area contributed by atoms with Gasteiger partial charge in [0.1, 0.15) is 0 Å². The number of benzene rings is 1. The van der Waals surface area contributed by atoms with Crippen LogP contribution in [0.2, 0.25) is 0 Å². The molecule has 0 aromatic heterocycles. The molecule has 0 amide bonds. The summed E-state index contributed by atoms with van der Waals surface area (Å²) < 4.78 is 5.50. The topological polar surface area (TPSA) is 41.5 Å². The molecule has 2 N–H and O–H groups in total. The molecule has 1 aliphatic rings. The van der Waals surface area contributed by atoms with E-state index in [0.29, 0.717) is 19.8 Å². The largest absolute Gasteiger partial charge is 0.392 e. The fourth-order valence-corrected chi connectivity index (χ4v) is 1.86. The van der Waals surface area contributed by atoms with Gasteiger partial charge >= 0.3 is 0 Å². The molecule has 3 nitrogen and oxygen atoms in total. The minimum Gasteiger partial charge on any atom is -0.392 e. The van der Waals surface area contributed by atoms with Gasteiger partial charge in [-0.1, -0.05) is 24.3 Å². The van der Waals surface area contributed by atoms with Gasteiger partial charge in [-0.3, -0.25) is 0 Å². The summed E-state index contributed by atoms with van der Waals surface area (Å²) in [5.41, 5.74) is 2.54. The smallest absolute Gasteiger partial charge is 0.0721 e. The zero-order chi connectivity index (χ0) is 10.7. The van der Waals surface area contributed by atoms with Gasteiger partial charge in [-0.05, 0) is 18.1 Å². The Labute approximate surface area is 90.1 Å². The number of ether oxygens (including phenoxy) is 1. The van der Waals surface area contributed by atoms with Gasteiger partial charge in [0, 0.05) is 6.54 Å². The van der Waals surface area contributed by atoms with Crippen LogP contribution in [0.5, 0.6) is 0 Å². The maximum atomic E-state index is 9.23. The van der Waals surface area contributed by atoms with Crippen molar-refractivity contribution in [3.05, 3.63) is 35.4 Å². The van der Waals surface area contributed by atoms with E-state index in [1.807, 2.05) is 12.1 Å². The van der Waals surface area contributed by atoms with Gasteiger partial charge in [-0.25, -0.2) is 0 Å². The van der Waals surface area contributed by atoms with Crippen LogP contribution in [0.3, 0.4) is 0 Å². The first kappa shape index (κ1) is 10.6. The molecule has 1 aromatic carbocycles. The molecular weight excluding hydrogens is 190 g/mol. The maximum absolute atomic E-state index is 9.23. The first-order valence-corrected chi connectivity index (χ1v) is 5.34. The molecule has 2 unspecified atom stereocenters. The van der Waals surface area contributed by atoms with Crippen LogP contribution in [-0.4, -0.2) is 24.4 Å². The van der Waals surface area contributed by atoms with E-state index >= 15 is 0 Å². The van der Waals surface area contributed by atoms with Crippen LogP contribution in [0.1, 0.15) is 24.1 Å². The van der Waals surface area contributed by atoms with Crippen LogP contribution in [0.4, 0.5) is 0 Å². The Bertz CT molecular complexity index is 325. The Morgan fingerprint density at radius 1 is 1.53 bits per heavy atom.